The number of fused-ring (bicyclic) bond motifs is 1. The molecule has 0 saturated carbocycles. The van der Waals surface area contributed by atoms with E-state index < -0.39 is 0 Å². The molecule has 1 heterocycles. The number of benzene rings is 1. The molecule has 1 nitrogen and oxygen atoms in total. The monoisotopic (exact) mass is 280 g/mol. The van der Waals surface area contributed by atoms with Crippen molar-refractivity contribution >= 4 is 29.9 Å². The van der Waals surface area contributed by atoms with E-state index in [4.69, 9.17) is 0 Å². The normalized spacial score (nSPS) is 10.9. The number of rotatable bonds is 3. The second-order valence-electron chi connectivity index (χ2n) is 4.17. The second kappa shape index (κ2) is 4.57. The van der Waals surface area contributed by atoms with Gasteiger partial charge in [0.25, 0.3) is 0 Å². The summed E-state index contributed by atoms with van der Waals surface area (Å²) in [6.07, 6.45) is 1.59. The number of hydrogen-bond donors (Lipinski definition) is 0. The van der Waals surface area contributed by atoms with E-state index >= 15 is 0 Å². The van der Waals surface area contributed by atoms with Gasteiger partial charge in [-0.2, -0.15) is 0 Å². The van der Waals surface area contributed by atoms with Gasteiger partial charge in [-0.05, 0) is 0 Å². The topological polar surface area (TPSA) is 17.1 Å². The van der Waals surface area contributed by atoms with E-state index in [1.807, 2.05) is 13.0 Å². The molecule has 2 rings (SSSR count). The molecule has 0 aliphatic rings. The zero-order valence-corrected chi connectivity index (χ0v) is 11.7. The van der Waals surface area contributed by atoms with E-state index in [2.05, 4.69) is 26.0 Å². The maximum absolute atomic E-state index is 11.8. The zero-order valence-electron chi connectivity index (χ0n) is 9.96. The van der Waals surface area contributed by atoms with Gasteiger partial charge in [0.15, 0.2) is 0 Å². The van der Waals surface area contributed by atoms with Gasteiger partial charge >= 0.3 is 102 Å². The Morgan fingerprint density at radius 3 is 2.75 bits per heavy atom. The third-order valence-electron chi connectivity index (χ3n) is 2.98. The molecule has 0 aliphatic carbocycles. The number of carbonyl (C=O) groups is 1. The molecule has 2 heteroatoms. The van der Waals surface area contributed by atoms with E-state index in [1.165, 1.54) is 19.6 Å². The number of hydrogen-bond acceptors (Lipinski definition) is 1. The van der Waals surface area contributed by atoms with E-state index in [-0.39, 0.29) is 5.78 Å². The minimum absolute atomic E-state index is 0.281. The first-order valence-corrected chi connectivity index (χ1v) is 7.37. The van der Waals surface area contributed by atoms with Crippen LogP contribution in [0.1, 0.15) is 40.1 Å². The molecule has 84 valence electrons. The molecule has 2 aromatic rings. The molecular formula is C14H16OSe. The standard InChI is InChI=1S/C14H16OSe/c1-4-5-13(15)11-6-7-12-9(2)10(3)16-14(12)8-11/h6-8H,4-5H2,1-3H3. The van der Waals surface area contributed by atoms with Crippen LogP contribution in [0.4, 0.5) is 0 Å². The van der Waals surface area contributed by atoms with Crippen LogP contribution in [0, 0.1) is 13.8 Å². The fraction of sp³-hybridized carbons (Fsp3) is 0.357. The summed E-state index contributed by atoms with van der Waals surface area (Å²) in [5.41, 5.74) is 2.30. The van der Waals surface area contributed by atoms with Crippen LogP contribution >= 0.6 is 0 Å². The van der Waals surface area contributed by atoms with Crippen LogP contribution in [0.2, 0.25) is 0 Å². The Balaban J connectivity index is 2.48. The Morgan fingerprint density at radius 2 is 2.06 bits per heavy atom. The first-order chi connectivity index (χ1) is 7.63. The predicted molar refractivity (Wildman–Crippen MR) is 69.6 cm³/mol. The molecule has 0 radical (unpaired) electrons. The average Bonchev–Trinajstić information content (AvgIpc) is 2.55. The van der Waals surface area contributed by atoms with Gasteiger partial charge in [-0.25, -0.2) is 0 Å². The molecule has 0 unspecified atom stereocenters. The SMILES string of the molecule is CCCC(=O)c1ccc2c(C)c(C)[se]c2c1. The van der Waals surface area contributed by atoms with Gasteiger partial charge < -0.3 is 0 Å². The number of ketones is 1. The number of aryl methyl sites for hydroxylation is 2. The van der Waals surface area contributed by atoms with Crippen molar-refractivity contribution in [2.45, 2.75) is 33.6 Å². The van der Waals surface area contributed by atoms with Crippen molar-refractivity contribution in [1.29, 1.82) is 0 Å². The van der Waals surface area contributed by atoms with Crippen molar-refractivity contribution in [2.75, 3.05) is 0 Å². The summed E-state index contributed by atoms with van der Waals surface area (Å²) in [6.45, 7) is 6.42. The Morgan fingerprint density at radius 1 is 1.31 bits per heavy atom. The van der Waals surface area contributed by atoms with Gasteiger partial charge in [0.1, 0.15) is 0 Å². The predicted octanol–water partition coefficient (Wildman–Crippen LogP) is 3.50. The summed E-state index contributed by atoms with van der Waals surface area (Å²) in [4.78, 5) is 11.8. The summed E-state index contributed by atoms with van der Waals surface area (Å²) < 4.78 is 2.87. The molecule has 1 aromatic heterocycles. The quantitative estimate of drug-likeness (QED) is 0.621. The van der Waals surface area contributed by atoms with Crippen LogP contribution in [0.25, 0.3) is 9.65 Å². The van der Waals surface area contributed by atoms with Gasteiger partial charge in [0, 0.05) is 0 Å². The molecule has 16 heavy (non-hydrogen) atoms. The molecule has 0 atom stereocenters. The van der Waals surface area contributed by atoms with Crippen LogP contribution in [-0.2, 0) is 0 Å². The number of Topliss-reactive ketones (excluding diaryl/α,β-unsaturated/α-hetero) is 1. The fourth-order valence-electron chi connectivity index (χ4n) is 1.89. The van der Waals surface area contributed by atoms with Gasteiger partial charge in [0.05, 0.1) is 0 Å². The van der Waals surface area contributed by atoms with Gasteiger partial charge in [0.2, 0.25) is 0 Å². The Hall–Kier alpha value is -0.851. The summed E-state index contributed by atoms with van der Waals surface area (Å²) in [7, 11) is 0. The summed E-state index contributed by atoms with van der Waals surface area (Å²) >= 11 is 0.432. The average molecular weight is 279 g/mol. The van der Waals surface area contributed by atoms with E-state index in [9.17, 15) is 4.79 Å². The molecule has 0 saturated heterocycles. The van der Waals surface area contributed by atoms with Crippen LogP contribution in [-0.4, -0.2) is 20.3 Å². The molecule has 0 aliphatic heterocycles. The van der Waals surface area contributed by atoms with Crippen molar-refractivity contribution < 1.29 is 4.79 Å². The Kier molecular flexibility index (Phi) is 3.32. The van der Waals surface area contributed by atoms with Crippen LogP contribution in [0.5, 0.6) is 0 Å². The second-order valence-corrected chi connectivity index (χ2v) is 6.80. The summed E-state index contributed by atoms with van der Waals surface area (Å²) in [6, 6.07) is 6.20. The minimum atomic E-state index is 0.281. The molecular weight excluding hydrogens is 263 g/mol. The Bertz CT molecular complexity index is 537. The first kappa shape index (κ1) is 11.6. The van der Waals surface area contributed by atoms with Crippen molar-refractivity contribution in [3.8, 4) is 0 Å². The summed E-state index contributed by atoms with van der Waals surface area (Å²) in [5.74, 6) is 0.281. The van der Waals surface area contributed by atoms with Crippen molar-refractivity contribution in [3.63, 3.8) is 0 Å². The number of carbonyl (C=O) groups excluding carboxylic acids is 1. The van der Waals surface area contributed by atoms with E-state index in [0.29, 0.717) is 20.9 Å². The van der Waals surface area contributed by atoms with Crippen LogP contribution in [0.15, 0.2) is 18.2 Å². The van der Waals surface area contributed by atoms with Gasteiger partial charge in [-0.15, -0.1) is 0 Å². The maximum atomic E-state index is 11.8. The molecule has 1 aromatic carbocycles. The van der Waals surface area contributed by atoms with E-state index in [0.717, 1.165) is 12.0 Å². The zero-order chi connectivity index (χ0) is 11.7. The molecule has 0 bridgehead atoms. The van der Waals surface area contributed by atoms with E-state index in [1.54, 1.807) is 0 Å². The van der Waals surface area contributed by atoms with Gasteiger partial charge in [-0.1, -0.05) is 0 Å². The van der Waals surface area contributed by atoms with Gasteiger partial charge in [-0.3, -0.25) is 0 Å². The van der Waals surface area contributed by atoms with Crippen molar-refractivity contribution in [3.05, 3.63) is 33.8 Å². The molecule has 0 fully saturated rings. The molecule has 0 N–H and O–H groups in total. The summed E-state index contributed by atoms with van der Waals surface area (Å²) in [5, 5.41) is 1.35. The molecule has 0 amide bonds. The van der Waals surface area contributed by atoms with Crippen molar-refractivity contribution in [1.82, 2.24) is 0 Å². The molecule has 0 spiro atoms. The fourth-order valence-corrected chi connectivity index (χ4v) is 4.22. The third-order valence-corrected chi connectivity index (χ3v) is 5.43. The third kappa shape index (κ3) is 2.00. The Labute approximate surface area is 102 Å². The van der Waals surface area contributed by atoms with Crippen molar-refractivity contribution in [2.24, 2.45) is 0 Å². The van der Waals surface area contributed by atoms with Crippen LogP contribution < -0.4 is 0 Å². The first-order valence-electron chi connectivity index (χ1n) is 5.66. The van der Waals surface area contributed by atoms with Crippen LogP contribution in [0.3, 0.4) is 0 Å².